The Morgan fingerprint density at radius 1 is 1.38 bits per heavy atom. The molecule has 2 aromatic rings. The Labute approximate surface area is 103 Å². The molecule has 0 amide bonds. The van der Waals surface area contributed by atoms with E-state index in [-0.39, 0.29) is 0 Å². The van der Waals surface area contributed by atoms with E-state index in [1.807, 2.05) is 31.4 Å². The van der Waals surface area contributed by atoms with E-state index in [2.05, 4.69) is 37.3 Å². The van der Waals surface area contributed by atoms with E-state index in [9.17, 15) is 0 Å². The Balaban J connectivity index is 2.22. The molecule has 0 saturated carbocycles. The van der Waals surface area contributed by atoms with Crippen molar-refractivity contribution in [2.45, 2.75) is 6.42 Å². The minimum absolute atomic E-state index is 0.918. The van der Waals surface area contributed by atoms with E-state index >= 15 is 0 Å². The molecule has 0 aliphatic heterocycles. The fourth-order valence-electron chi connectivity index (χ4n) is 1.55. The first kappa shape index (κ1) is 11.4. The molecule has 0 spiro atoms. The standard InChI is InChI=1S/C12H14BrN3/c1-14-7-6-12-15-8-11(16-12)9-4-2-3-5-10(9)13/h2-5,8,14H,6-7H2,1H3,(H,15,16). The Morgan fingerprint density at radius 3 is 2.94 bits per heavy atom. The Morgan fingerprint density at radius 2 is 2.19 bits per heavy atom. The molecule has 0 unspecified atom stereocenters. The number of imidazole rings is 1. The number of rotatable bonds is 4. The van der Waals surface area contributed by atoms with Crippen LogP contribution in [0.5, 0.6) is 0 Å². The van der Waals surface area contributed by atoms with Gasteiger partial charge in [-0.15, -0.1) is 0 Å². The van der Waals surface area contributed by atoms with Gasteiger partial charge in [0.05, 0.1) is 11.9 Å². The number of halogens is 1. The predicted octanol–water partition coefficient (Wildman–Crippen LogP) is 2.60. The van der Waals surface area contributed by atoms with Crippen molar-refractivity contribution < 1.29 is 0 Å². The zero-order valence-electron chi connectivity index (χ0n) is 9.13. The van der Waals surface area contributed by atoms with Crippen LogP contribution in [0.25, 0.3) is 11.3 Å². The van der Waals surface area contributed by atoms with E-state index in [4.69, 9.17) is 0 Å². The third-order valence-electron chi connectivity index (χ3n) is 2.40. The van der Waals surface area contributed by atoms with Crippen LogP contribution in [0.15, 0.2) is 34.9 Å². The van der Waals surface area contributed by atoms with Crippen molar-refractivity contribution in [2.75, 3.05) is 13.6 Å². The molecule has 84 valence electrons. The smallest absolute Gasteiger partial charge is 0.107 e. The molecular weight excluding hydrogens is 266 g/mol. The number of aromatic amines is 1. The van der Waals surface area contributed by atoms with Crippen LogP contribution in [0.3, 0.4) is 0 Å². The van der Waals surface area contributed by atoms with Crippen LogP contribution in [-0.4, -0.2) is 23.6 Å². The Hall–Kier alpha value is -1.13. The van der Waals surface area contributed by atoms with Gasteiger partial charge in [-0.25, -0.2) is 4.98 Å². The monoisotopic (exact) mass is 279 g/mol. The summed E-state index contributed by atoms with van der Waals surface area (Å²) in [5.74, 6) is 1.01. The normalized spacial score (nSPS) is 10.6. The first-order chi connectivity index (χ1) is 7.81. The van der Waals surface area contributed by atoms with Crippen molar-refractivity contribution in [3.63, 3.8) is 0 Å². The van der Waals surface area contributed by atoms with Gasteiger partial charge in [0.1, 0.15) is 5.82 Å². The molecule has 2 rings (SSSR count). The highest BCUT2D eigenvalue weighted by molar-refractivity contribution is 9.10. The predicted molar refractivity (Wildman–Crippen MR) is 69.4 cm³/mol. The number of likely N-dealkylation sites (N-methyl/N-ethyl adjacent to an activating group) is 1. The van der Waals surface area contributed by atoms with Crippen molar-refractivity contribution in [2.24, 2.45) is 0 Å². The Kier molecular flexibility index (Phi) is 3.74. The SMILES string of the molecule is CNCCc1ncc(-c2ccccc2Br)[nH]1. The van der Waals surface area contributed by atoms with Gasteiger partial charge in [-0.05, 0) is 13.1 Å². The molecule has 0 atom stereocenters. The summed E-state index contributed by atoms with van der Waals surface area (Å²) in [6.07, 6.45) is 2.80. The second-order valence-electron chi connectivity index (χ2n) is 3.58. The maximum Gasteiger partial charge on any atom is 0.107 e. The number of aromatic nitrogens is 2. The van der Waals surface area contributed by atoms with Crippen LogP contribution >= 0.6 is 15.9 Å². The molecule has 0 aliphatic carbocycles. The minimum Gasteiger partial charge on any atom is -0.342 e. The first-order valence-electron chi connectivity index (χ1n) is 5.24. The summed E-state index contributed by atoms with van der Waals surface area (Å²) in [4.78, 5) is 7.68. The lowest BCUT2D eigenvalue weighted by molar-refractivity contribution is 0.764. The van der Waals surface area contributed by atoms with Gasteiger partial charge in [-0.1, -0.05) is 34.1 Å². The summed E-state index contributed by atoms with van der Waals surface area (Å²) in [6.45, 7) is 0.933. The zero-order valence-corrected chi connectivity index (χ0v) is 10.7. The average Bonchev–Trinajstić information content (AvgIpc) is 2.75. The van der Waals surface area contributed by atoms with Gasteiger partial charge in [-0.3, -0.25) is 0 Å². The molecule has 16 heavy (non-hydrogen) atoms. The molecular formula is C12H14BrN3. The first-order valence-corrected chi connectivity index (χ1v) is 6.04. The molecule has 0 aliphatic rings. The molecule has 0 bridgehead atoms. The van der Waals surface area contributed by atoms with Crippen molar-refractivity contribution >= 4 is 15.9 Å². The summed E-state index contributed by atoms with van der Waals surface area (Å²) >= 11 is 3.53. The van der Waals surface area contributed by atoms with Crippen molar-refractivity contribution in [1.82, 2.24) is 15.3 Å². The van der Waals surface area contributed by atoms with Crippen molar-refractivity contribution in [3.05, 3.63) is 40.8 Å². The van der Waals surface area contributed by atoms with Crippen molar-refractivity contribution in [3.8, 4) is 11.3 Å². The van der Waals surface area contributed by atoms with E-state index in [0.29, 0.717) is 0 Å². The van der Waals surface area contributed by atoms with Gasteiger partial charge in [0.15, 0.2) is 0 Å². The van der Waals surface area contributed by atoms with Crippen LogP contribution in [0, 0.1) is 0 Å². The number of H-pyrrole nitrogens is 1. The van der Waals surface area contributed by atoms with Crippen LogP contribution < -0.4 is 5.32 Å². The molecule has 1 aromatic carbocycles. The summed E-state index contributed by atoms with van der Waals surface area (Å²) < 4.78 is 1.08. The van der Waals surface area contributed by atoms with Crippen LogP contribution in [0.2, 0.25) is 0 Å². The molecule has 1 aromatic heterocycles. The van der Waals surface area contributed by atoms with Crippen LogP contribution in [0.4, 0.5) is 0 Å². The second-order valence-corrected chi connectivity index (χ2v) is 4.43. The van der Waals surface area contributed by atoms with Crippen LogP contribution in [0.1, 0.15) is 5.82 Å². The number of nitrogens with zero attached hydrogens (tertiary/aromatic N) is 1. The summed E-state index contributed by atoms with van der Waals surface area (Å²) in [5.41, 5.74) is 2.20. The lowest BCUT2D eigenvalue weighted by Gasteiger charge is -2.00. The zero-order chi connectivity index (χ0) is 11.4. The van der Waals surface area contributed by atoms with Gasteiger partial charge in [0, 0.05) is 23.0 Å². The molecule has 1 heterocycles. The largest absolute Gasteiger partial charge is 0.342 e. The third kappa shape index (κ3) is 2.51. The number of hydrogen-bond acceptors (Lipinski definition) is 2. The molecule has 3 nitrogen and oxygen atoms in total. The van der Waals surface area contributed by atoms with Gasteiger partial charge in [0.25, 0.3) is 0 Å². The van der Waals surface area contributed by atoms with Gasteiger partial charge in [0.2, 0.25) is 0 Å². The summed E-state index contributed by atoms with van der Waals surface area (Å²) in [5, 5.41) is 3.11. The van der Waals surface area contributed by atoms with Gasteiger partial charge >= 0.3 is 0 Å². The summed E-state index contributed by atoms with van der Waals surface area (Å²) in [6, 6.07) is 8.13. The molecule has 0 saturated heterocycles. The molecule has 0 radical (unpaired) electrons. The lowest BCUT2D eigenvalue weighted by Crippen LogP contribution is -2.10. The lowest BCUT2D eigenvalue weighted by atomic mass is 10.2. The maximum atomic E-state index is 4.35. The highest BCUT2D eigenvalue weighted by atomic mass is 79.9. The fourth-order valence-corrected chi connectivity index (χ4v) is 2.05. The van der Waals surface area contributed by atoms with Crippen LogP contribution in [-0.2, 0) is 6.42 Å². The van der Waals surface area contributed by atoms with E-state index in [0.717, 1.165) is 34.5 Å². The minimum atomic E-state index is 0.918. The molecule has 2 N–H and O–H groups in total. The summed E-state index contributed by atoms with van der Waals surface area (Å²) in [7, 11) is 1.94. The second kappa shape index (κ2) is 5.27. The fraction of sp³-hybridized carbons (Fsp3) is 0.250. The van der Waals surface area contributed by atoms with Crippen molar-refractivity contribution in [1.29, 1.82) is 0 Å². The highest BCUT2D eigenvalue weighted by Gasteiger charge is 2.05. The van der Waals surface area contributed by atoms with E-state index < -0.39 is 0 Å². The number of hydrogen-bond donors (Lipinski definition) is 2. The number of benzene rings is 1. The van der Waals surface area contributed by atoms with Gasteiger partial charge < -0.3 is 10.3 Å². The van der Waals surface area contributed by atoms with E-state index in [1.54, 1.807) is 0 Å². The topological polar surface area (TPSA) is 40.7 Å². The van der Waals surface area contributed by atoms with Gasteiger partial charge in [-0.2, -0.15) is 0 Å². The average molecular weight is 280 g/mol. The third-order valence-corrected chi connectivity index (χ3v) is 3.10. The van der Waals surface area contributed by atoms with E-state index in [1.165, 1.54) is 0 Å². The highest BCUT2D eigenvalue weighted by Crippen LogP contribution is 2.26. The number of nitrogens with one attached hydrogen (secondary N) is 2. The maximum absolute atomic E-state index is 4.35. The quantitative estimate of drug-likeness (QED) is 0.903. The molecule has 0 fully saturated rings. The molecule has 4 heteroatoms. The Bertz CT molecular complexity index is 465.